The minimum absolute atomic E-state index is 1.62. The van der Waals surface area contributed by atoms with Crippen molar-refractivity contribution in [2.75, 3.05) is 7.05 Å². The standard InChI is InChI=1S/C5H6N2/c1-7-4-2-3-6-5-7/h3-5H,1H3. The highest BCUT2D eigenvalue weighted by Crippen LogP contribution is 1.83. The number of hydrogen-bond donors (Lipinski definition) is 0. The first-order valence-electron chi connectivity index (χ1n) is 2.06. The minimum Gasteiger partial charge on any atom is -0.335 e. The topological polar surface area (TPSA) is 15.6 Å². The second-order valence-corrected chi connectivity index (χ2v) is 1.35. The second-order valence-electron chi connectivity index (χ2n) is 1.35. The average Bonchev–Trinajstić information content (AvgIpc) is 1.69. The van der Waals surface area contributed by atoms with E-state index >= 15 is 0 Å². The molecule has 1 aliphatic rings. The van der Waals surface area contributed by atoms with E-state index in [2.05, 4.69) is 10.7 Å². The first kappa shape index (κ1) is 4.16. The van der Waals surface area contributed by atoms with Gasteiger partial charge in [-0.3, -0.25) is 0 Å². The first-order valence-corrected chi connectivity index (χ1v) is 2.06. The lowest BCUT2D eigenvalue weighted by Crippen LogP contribution is -2.06. The smallest absolute Gasteiger partial charge is 0.0954 e. The molecule has 0 aromatic heterocycles. The van der Waals surface area contributed by atoms with E-state index in [1.165, 1.54) is 0 Å². The molecule has 0 aromatic rings. The highest BCUT2D eigenvalue weighted by molar-refractivity contribution is 5.57. The van der Waals surface area contributed by atoms with Gasteiger partial charge in [-0.05, 0) is 0 Å². The van der Waals surface area contributed by atoms with Crippen molar-refractivity contribution in [3.8, 4) is 0 Å². The summed E-state index contributed by atoms with van der Waals surface area (Å²) >= 11 is 0. The molecule has 2 nitrogen and oxygen atoms in total. The summed E-state index contributed by atoms with van der Waals surface area (Å²) in [6.07, 6.45) is 5.16. The number of hydrogen-bond acceptors (Lipinski definition) is 2. The monoisotopic (exact) mass is 94.1 g/mol. The molecule has 0 fully saturated rings. The summed E-state index contributed by atoms with van der Waals surface area (Å²) in [4.78, 5) is 5.62. The van der Waals surface area contributed by atoms with Crippen LogP contribution in [0, 0.1) is 0 Å². The predicted molar refractivity (Wildman–Crippen MR) is 28.9 cm³/mol. The van der Waals surface area contributed by atoms with Gasteiger partial charge in [0.25, 0.3) is 0 Å². The molecule has 0 saturated carbocycles. The molecule has 0 bridgehead atoms. The van der Waals surface area contributed by atoms with Gasteiger partial charge in [0.15, 0.2) is 0 Å². The fourth-order valence-electron chi connectivity index (χ4n) is 0.366. The van der Waals surface area contributed by atoms with Crippen LogP contribution in [0.15, 0.2) is 23.1 Å². The second kappa shape index (κ2) is 1.63. The van der Waals surface area contributed by atoms with Crippen molar-refractivity contribution in [2.24, 2.45) is 4.99 Å². The van der Waals surface area contributed by atoms with Crippen LogP contribution in [0.2, 0.25) is 0 Å². The molecule has 1 rings (SSSR count). The maximum Gasteiger partial charge on any atom is 0.0954 e. The van der Waals surface area contributed by atoms with E-state index in [1.54, 1.807) is 12.5 Å². The fraction of sp³-hybridized carbons (Fsp3) is 0.200. The van der Waals surface area contributed by atoms with Crippen molar-refractivity contribution in [3.63, 3.8) is 0 Å². The molecular formula is C5H6N2. The molecule has 0 saturated heterocycles. The van der Waals surface area contributed by atoms with Crippen LogP contribution < -0.4 is 0 Å². The maximum atomic E-state index is 3.79. The summed E-state index contributed by atoms with van der Waals surface area (Å²) in [5.41, 5.74) is 2.81. The van der Waals surface area contributed by atoms with Crippen LogP contribution in [0.25, 0.3) is 0 Å². The zero-order chi connectivity index (χ0) is 5.11. The quantitative estimate of drug-likeness (QED) is 0.401. The Kier molecular flexibility index (Phi) is 0.966. The summed E-state index contributed by atoms with van der Waals surface area (Å²) in [6, 6.07) is 0. The molecule has 0 unspecified atom stereocenters. The third kappa shape index (κ3) is 0.913. The SMILES string of the molecule is CN1C=C=CN=C1. The van der Waals surface area contributed by atoms with Gasteiger partial charge in [0, 0.05) is 13.2 Å². The molecule has 0 atom stereocenters. The lowest BCUT2D eigenvalue weighted by molar-refractivity contribution is 0.707. The van der Waals surface area contributed by atoms with E-state index in [1.807, 2.05) is 18.1 Å². The molecule has 2 heteroatoms. The number of aliphatic imine (C=N–C) groups is 1. The van der Waals surface area contributed by atoms with Crippen molar-refractivity contribution in [1.82, 2.24) is 4.90 Å². The van der Waals surface area contributed by atoms with Crippen molar-refractivity contribution in [2.45, 2.75) is 0 Å². The van der Waals surface area contributed by atoms with Gasteiger partial charge in [0.05, 0.1) is 12.5 Å². The van der Waals surface area contributed by atoms with Crippen LogP contribution in [0.4, 0.5) is 0 Å². The zero-order valence-corrected chi connectivity index (χ0v) is 4.13. The Bertz CT molecular complexity index is 140. The molecule has 0 radical (unpaired) electrons. The molecule has 1 aliphatic heterocycles. The molecule has 0 spiro atoms. The first-order chi connectivity index (χ1) is 3.39. The Morgan fingerprint density at radius 2 is 2.57 bits per heavy atom. The molecule has 1 heterocycles. The summed E-state index contributed by atoms with van der Waals surface area (Å²) in [7, 11) is 1.91. The lowest BCUT2D eigenvalue weighted by atomic mass is 10.7. The van der Waals surface area contributed by atoms with Crippen LogP contribution in [-0.2, 0) is 0 Å². The Balaban J connectivity index is 2.77. The molecule has 0 amide bonds. The molecule has 0 N–H and O–H groups in total. The van der Waals surface area contributed by atoms with Crippen LogP contribution in [0.3, 0.4) is 0 Å². The highest BCUT2D eigenvalue weighted by Gasteiger charge is 1.80. The average molecular weight is 94.1 g/mol. The Morgan fingerprint density at radius 3 is 2.86 bits per heavy atom. The van der Waals surface area contributed by atoms with Gasteiger partial charge in [-0.2, -0.15) is 0 Å². The van der Waals surface area contributed by atoms with Crippen molar-refractivity contribution in [1.29, 1.82) is 0 Å². The Morgan fingerprint density at radius 1 is 1.71 bits per heavy atom. The van der Waals surface area contributed by atoms with Crippen LogP contribution in [0.1, 0.15) is 0 Å². The normalized spacial score (nSPS) is 15.9. The third-order valence-corrected chi connectivity index (χ3v) is 0.676. The van der Waals surface area contributed by atoms with Crippen molar-refractivity contribution in [3.05, 3.63) is 18.1 Å². The van der Waals surface area contributed by atoms with E-state index in [0.29, 0.717) is 0 Å². The van der Waals surface area contributed by atoms with Crippen molar-refractivity contribution >= 4 is 6.34 Å². The molecular weight excluding hydrogens is 88.1 g/mol. The van der Waals surface area contributed by atoms with Gasteiger partial charge in [-0.1, -0.05) is 5.73 Å². The summed E-state index contributed by atoms with van der Waals surface area (Å²) < 4.78 is 0. The Hall–Kier alpha value is -1.01. The van der Waals surface area contributed by atoms with Gasteiger partial charge in [-0.15, -0.1) is 0 Å². The van der Waals surface area contributed by atoms with E-state index in [4.69, 9.17) is 0 Å². The molecule has 0 aliphatic carbocycles. The minimum atomic E-state index is 1.62. The van der Waals surface area contributed by atoms with Crippen LogP contribution in [-0.4, -0.2) is 18.3 Å². The Labute approximate surface area is 42.5 Å². The third-order valence-electron chi connectivity index (χ3n) is 0.676. The van der Waals surface area contributed by atoms with E-state index in [9.17, 15) is 0 Å². The summed E-state index contributed by atoms with van der Waals surface area (Å²) in [5.74, 6) is 0. The fourth-order valence-corrected chi connectivity index (χ4v) is 0.366. The number of nitrogens with zero attached hydrogens (tertiary/aromatic N) is 2. The molecule has 36 valence electrons. The summed E-state index contributed by atoms with van der Waals surface area (Å²) in [5, 5.41) is 0. The van der Waals surface area contributed by atoms with Gasteiger partial charge >= 0.3 is 0 Å². The molecule has 0 aromatic carbocycles. The lowest BCUT2D eigenvalue weighted by Gasteiger charge is -2.03. The van der Waals surface area contributed by atoms with E-state index < -0.39 is 0 Å². The van der Waals surface area contributed by atoms with E-state index in [0.717, 1.165) is 0 Å². The van der Waals surface area contributed by atoms with Gasteiger partial charge in [0.2, 0.25) is 0 Å². The van der Waals surface area contributed by atoms with Gasteiger partial charge < -0.3 is 4.90 Å². The zero-order valence-electron chi connectivity index (χ0n) is 4.13. The van der Waals surface area contributed by atoms with Gasteiger partial charge in [-0.25, -0.2) is 4.99 Å². The predicted octanol–water partition coefficient (Wildman–Crippen LogP) is 0.586. The highest BCUT2D eigenvalue weighted by atomic mass is 15.1. The van der Waals surface area contributed by atoms with E-state index in [-0.39, 0.29) is 0 Å². The van der Waals surface area contributed by atoms with Gasteiger partial charge in [0.1, 0.15) is 0 Å². The summed E-state index contributed by atoms with van der Waals surface area (Å²) in [6.45, 7) is 0. The maximum absolute atomic E-state index is 3.79. The van der Waals surface area contributed by atoms with Crippen LogP contribution >= 0.6 is 0 Å². The van der Waals surface area contributed by atoms with Crippen molar-refractivity contribution < 1.29 is 0 Å². The van der Waals surface area contributed by atoms with Crippen LogP contribution in [0.5, 0.6) is 0 Å². The molecule has 7 heavy (non-hydrogen) atoms. The largest absolute Gasteiger partial charge is 0.335 e. The number of rotatable bonds is 0.